The summed E-state index contributed by atoms with van der Waals surface area (Å²) >= 11 is 1.42. The molecule has 1 aromatic carbocycles. The van der Waals surface area contributed by atoms with Crippen LogP contribution in [0.15, 0.2) is 22.0 Å². The predicted octanol–water partition coefficient (Wildman–Crippen LogP) is 0.903. The molecule has 2 aliphatic rings. The van der Waals surface area contributed by atoms with E-state index in [0.717, 1.165) is 43.5 Å². The molecule has 0 radical (unpaired) electrons. The molecule has 0 atom stereocenters. The topological polar surface area (TPSA) is 64.8 Å². The summed E-state index contributed by atoms with van der Waals surface area (Å²) in [4.78, 5) is 21.1. The van der Waals surface area contributed by atoms with Gasteiger partial charge in [-0.25, -0.2) is 0 Å². The van der Waals surface area contributed by atoms with Crippen LogP contribution in [-0.4, -0.2) is 70.0 Å². The lowest BCUT2D eigenvalue weighted by Crippen LogP contribution is -3.14. The third-order valence-corrected chi connectivity index (χ3v) is 5.92. The summed E-state index contributed by atoms with van der Waals surface area (Å²) in [5.74, 6) is 1.56. The number of hydrogen-bond donors (Lipinski definition) is 1. The average Bonchev–Trinajstić information content (AvgIpc) is 3.08. The second-order valence-corrected chi connectivity index (χ2v) is 7.36. The van der Waals surface area contributed by atoms with Gasteiger partial charge in [-0.05, 0) is 30.8 Å². The maximum Gasteiger partial charge on any atom is 0.286 e. The SMILES string of the molecule is CC[NH+]1CCN(C2=NC(=O)/C(=C/c3cc(OC)c(OC)cc3OC)S2)CC1. The van der Waals surface area contributed by atoms with Gasteiger partial charge in [0.2, 0.25) is 0 Å². The normalized spacial score (nSPS) is 19.4. The van der Waals surface area contributed by atoms with Crippen molar-refractivity contribution in [3.05, 3.63) is 22.6 Å². The van der Waals surface area contributed by atoms with Gasteiger partial charge in [0.15, 0.2) is 16.7 Å². The lowest BCUT2D eigenvalue weighted by atomic mass is 10.1. The number of methoxy groups -OCH3 is 3. The van der Waals surface area contributed by atoms with E-state index in [2.05, 4.69) is 16.8 Å². The molecule has 0 bridgehead atoms. The van der Waals surface area contributed by atoms with Crippen molar-refractivity contribution in [2.75, 3.05) is 54.1 Å². The van der Waals surface area contributed by atoms with E-state index >= 15 is 0 Å². The summed E-state index contributed by atoms with van der Waals surface area (Å²) in [6.45, 7) is 7.34. The predicted molar refractivity (Wildman–Crippen MR) is 107 cm³/mol. The molecule has 8 heteroatoms. The zero-order valence-corrected chi connectivity index (χ0v) is 17.0. The number of aliphatic imine (C=N–C) groups is 1. The van der Waals surface area contributed by atoms with Crippen molar-refractivity contribution >= 4 is 28.9 Å². The molecule has 1 saturated heterocycles. The van der Waals surface area contributed by atoms with E-state index in [4.69, 9.17) is 14.2 Å². The van der Waals surface area contributed by atoms with Crippen molar-refractivity contribution in [1.82, 2.24) is 4.90 Å². The van der Waals surface area contributed by atoms with Gasteiger partial charge in [0.25, 0.3) is 5.91 Å². The first-order valence-electron chi connectivity index (χ1n) is 9.00. The second kappa shape index (κ2) is 8.67. The van der Waals surface area contributed by atoms with Gasteiger partial charge in [-0.2, -0.15) is 4.99 Å². The number of likely N-dealkylation sites (N-methyl/N-ethyl adjacent to an activating group) is 1. The van der Waals surface area contributed by atoms with Gasteiger partial charge in [-0.1, -0.05) is 0 Å². The molecule has 27 heavy (non-hydrogen) atoms. The number of quaternary nitrogens is 1. The van der Waals surface area contributed by atoms with Crippen LogP contribution >= 0.6 is 11.8 Å². The number of ether oxygens (including phenoxy) is 3. The Labute approximate surface area is 164 Å². The Kier molecular flexibility index (Phi) is 6.28. The highest BCUT2D eigenvalue weighted by atomic mass is 32.2. The maximum atomic E-state index is 12.4. The van der Waals surface area contributed by atoms with Gasteiger partial charge in [0.1, 0.15) is 5.75 Å². The van der Waals surface area contributed by atoms with Crippen LogP contribution in [0.2, 0.25) is 0 Å². The van der Waals surface area contributed by atoms with Crippen LogP contribution in [0, 0.1) is 0 Å². The number of carbonyl (C=O) groups is 1. The number of nitrogens with one attached hydrogen (secondary N) is 1. The van der Waals surface area contributed by atoms with Crippen LogP contribution in [0.1, 0.15) is 12.5 Å². The molecule has 0 aromatic heterocycles. The Bertz CT molecular complexity index is 770. The molecule has 0 unspecified atom stereocenters. The number of benzene rings is 1. The first kappa shape index (κ1) is 19.6. The van der Waals surface area contributed by atoms with Crippen LogP contribution in [0.3, 0.4) is 0 Å². The number of carbonyl (C=O) groups excluding carboxylic acids is 1. The van der Waals surface area contributed by atoms with Crippen molar-refractivity contribution in [2.24, 2.45) is 4.99 Å². The summed E-state index contributed by atoms with van der Waals surface area (Å²) in [6, 6.07) is 3.56. The van der Waals surface area contributed by atoms with Crippen LogP contribution in [-0.2, 0) is 4.79 Å². The van der Waals surface area contributed by atoms with Gasteiger partial charge < -0.3 is 24.0 Å². The summed E-state index contributed by atoms with van der Waals surface area (Å²) in [5, 5.41) is 0.792. The fraction of sp³-hybridized carbons (Fsp3) is 0.474. The van der Waals surface area contributed by atoms with Gasteiger partial charge >= 0.3 is 0 Å². The monoisotopic (exact) mass is 392 g/mol. The lowest BCUT2D eigenvalue weighted by molar-refractivity contribution is -0.902. The number of hydrogen-bond acceptors (Lipinski definition) is 6. The molecule has 2 aliphatic heterocycles. The molecular formula is C19H26N3O4S+. The molecule has 1 aromatic rings. The zero-order chi connectivity index (χ0) is 19.4. The second-order valence-electron chi connectivity index (χ2n) is 6.35. The highest BCUT2D eigenvalue weighted by Gasteiger charge is 2.29. The minimum absolute atomic E-state index is 0.211. The Morgan fingerprint density at radius 3 is 2.33 bits per heavy atom. The number of nitrogens with zero attached hydrogens (tertiary/aromatic N) is 2. The van der Waals surface area contributed by atoms with Gasteiger partial charge in [0.05, 0.1) is 59.0 Å². The van der Waals surface area contributed by atoms with E-state index in [1.807, 2.05) is 0 Å². The molecule has 1 amide bonds. The molecule has 2 heterocycles. The van der Waals surface area contributed by atoms with Crippen LogP contribution < -0.4 is 19.1 Å². The van der Waals surface area contributed by atoms with E-state index in [1.165, 1.54) is 11.8 Å². The fourth-order valence-electron chi connectivity index (χ4n) is 3.21. The highest BCUT2D eigenvalue weighted by molar-refractivity contribution is 8.18. The number of rotatable bonds is 5. The highest BCUT2D eigenvalue weighted by Crippen LogP contribution is 2.38. The Balaban J connectivity index is 1.80. The van der Waals surface area contributed by atoms with Crippen molar-refractivity contribution in [2.45, 2.75) is 6.92 Å². The lowest BCUT2D eigenvalue weighted by Gasteiger charge is -2.32. The van der Waals surface area contributed by atoms with Crippen molar-refractivity contribution in [3.8, 4) is 17.2 Å². The molecule has 1 fully saturated rings. The first-order chi connectivity index (χ1) is 13.1. The minimum atomic E-state index is -0.211. The first-order valence-corrected chi connectivity index (χ1v) is 9.82. The third kappa shape index (κ3) is 4.22. The molecule has 0 saturated carbocycles. The molecule has 1 N–H and O–H groups in total. The average molecular weight is 393 g/mol. The number of amidine groups is 1. The smallest absolute Gasteiger partial charge is 0.286 e. The van der Waals surface area contributed by atoms with Gasteiger partial charge in [-0.3, -0.25) is 4.79 Å². The Hall–Kier alpha value is -2.19. The van der Waals surface area contributed by atoms with Gasteiger partial charge in [0, 0.05) is 11.6 Å². The number of piperazine rings is 1. The van der Waals surface area contributed by atoms with Crippen LogP contribution in [0.4, 0.5) is 0 Å². The van der Waals surface area contributed by atoms with Crippen LogP contribution in [0.25, 0.3) is 6.08 Å². The third-order valence-electron chi connectivity index (χ3n) is 4.87. The zero-order valence-electron chi connectivity index (χ0n) is 16.2. The van der Waals surface area contributed by atoms with Crippen LogP contribution in [0.5, 0.6) is 17.2 Å². The molecule has 146 valence electrons. The van der Waals surface area contributed by atoms with E-state index in [0.29, 0.717) is 22.2 Å². The number of thioether (sulfide) groups is 1. The molecule has 0 aliphatic carbocycles. The quantitative estimate of drug-likeness (QED) is 0.752. The largest absolute Gasteiger partial charge is 0.496 e. The fourth-order valence-corrected chi connectivity index (χ4v) is 4.16. The molecule has 0 spiro atoms. The molecular weight excluding hydrogens is 366 g/mol. The summed E-state index contributed by atoms with van der Waals surface area (Å²) < 4.78 is 16.1. The maximum absolute atomic E-state index is 12.4. The molecule has 7 nitrogen and oxygen atoms in total. The Morgan fingerprint density at radius 2 is 1.74 bits per heavy atom. The summed E-state index contributed by atoms with van der Waals surface area (Å²) in [6.07, 6.45) is 1.80. The van der Waals surface area contributed by atoms with E-state index in [9.17, 15) is 4.79 Å². The minimum Gasteiger partial charge on any atom is -0.496 e. The standard InChI is InChI=1S/C19H25N3O4S/c1-5-21-6-8-22(9-7-21)19-20-18(23)17(27-19)11-13-10-15(25-3)16(26-4)12-14(13)24-2/h10-12H,5-9H2,1-4H3/p+1/b17-11-. The summed E-state index contributed by atoms with van der Waals surface area (Å²) in [7, 11) is 4.74. The van der Waals surface area contributed by atoms with Gasteiger partial charge in [-0.15, -0.1) is 0 Å². The molecule has 3 rings (SSSR count). The Morgan fingerprint density at radius 1 is 1.11 bits per heavy atom. The summed E-state index contributed by atoms with van der Waals surface area (Å²) in [5.41, 5.74) is 0.752. The van der Waals surface area contributed by atoms with Crippen molar-refractivity contribution in [3.63, 3.8) is 0 Å². The number of amides is 1. The van der Waals surface area contributed by atoms with E-state index < -0.39 is 0 Å². The van der Waals surface area contributed by atoms with Crippen molar-refractivity contribution < 1.29 is 23.9 Å². The van der Waals surface area contributed by atoms with E-state index in [1.54, 1.807) is 44.4 Å². The van der Waals surface area contributed by atoms with Crippen molar-refractivity contribution in [1.29, 1.82) is 0 Å². The van der Waals surface area contributed by atoms with E-state index in [-0.39, 0.29) is 5.91 Å².